The fourth-order valence-electron chi connectivity index (χ4n) is 14.3. The van der Waals surface area contributed by atoms with Crippen LogP contribution in [-0.4, -0.2) is 338 Å². The number of imidazole rings is 1. The van der Waals surface area contributed by atoms with E-state index in [-0.39, 0.29) is 83.1 Å². The Morgan fingerprint density at radius 1 is 0.390 bits per heavy atom. The number of nitrogens with zero attached hydrogens (tertiary/aromatic N) is 2. The van der Waals surface area contributed by atoms with Crippen molar-refractivity contribution < 1.29 is 136 Å². The predicted molar refractivity (Wildman–Crippen MR) is 493 cm³/mol. The molecular formula is C88H123N25O28. The van der Waals surface area contributed by atoms with Crippen LogP contribution in [0.2, 0.25) is 0 Å². The van der Waals surface area contributed by atoms with Crippen molar-refractivity contribution in [3.63, 3.8) is 0 Å². The molecule has 33 N–H and O–H groups in total. The van der Waals surface area contributed by atoms with E-state index in [2.05, 4.69) is 105 Å². The van der Waals surface area contributed by atoms with Crippen molar-refractivity contribution in [2.45, 2.75) is 194 Å². The summed E-state index contributed by atoms with van der Waals surface area (Å²) >= 11 is 0. The van der Waals surface area contributed by atoms with Gasteiger partial charge in [0.1, 0.15) is 72.5 Å². The number of aromatic nitrogens is 3. The van der Waals surface area contributed by atoms with Gasteiger partial charge in [0, 0.05) is 68.4 Å². The van der Waals surface area contributed by atoms with Crippen molar-refractivity contribution in [2.24, 2.45) is 22.9 Å². The lowest BCUT2D eigenvalue weighted by Crippen LogP contribution is -2.61. The number of nitrogens with two attached hydrogens (primary N) is 4. The third-order valence-corrected chi connectivity index (χ3v) is 21.8. The van der Waals surface area contributed by atoms with Gasteiger partial charge >= 0.3 is 17.9 Å². The van der Waals surface area contributed by atoms with Crippen LogP contribution in [-0.2, 0) is 131 Å². The number of amides is 19. The van der Waals surface area contributed by atoms with Crippen LogP contribution in [0.5, 0.6) is 0 Å². The Hall–Kier alpha value is -15.5. The van der Waals surface area contributed by atoms with Crippen LogP contribution in [0, 0.1) is 0 Å². The van der Waals surface area contributed by atoms with E-state index >= 15 is 0 Å². The van der Waals surface area contributed by atoms with Gasteiger partial charge in [-0.1, -0.05) is 78.9 Å². The van der Waals surface area contributed by atoms with Gasteiger partial charge in [-0.3, -0.25) is 101 Å². The van der Waals surface area contributed by atoms with E-state index in [4.69, 9.17) is 22.9 Å². The number of nitrogens with one attached hydrogen (secondary N) is 19. The number of carboxylic acid groups (broad SMARTS) is 3. The predicted octanol–water partition coefficient (Wildman–Crippen LogP) is -11.2. The van der Waals surface area contributed by atoms with Crippen molar-refractivity contribution in [2.75, 3.05) is 78.7 Å². The normalized spacial score (nSPS) is 14.6. The molecule has 53 heteroatoms. The molecule has 3 heterocycles. The van der Waals surface area contributed by atoms with Gasteiger partial charge in [0.05, 0.1) is 77.2 Å². The molecule has 2 aromatic heterocycles. The molecule has 53 nitrogen and oxygen atoms in total. The average Bonchev–Trinajstić information content (AvgIpc) is 1.69. The second kappa shape index (κ2) is 60.3. The molecule has 1 fully saturated rings. The number of hydrogen-bond acceptors (Lipinski definition) is 29. The molecule has 19 amide bonds. The number of aliphatic carboxylic acids is 3. The standard InChI is InChI=1S/C88H123N25O28/c89-29-11-9-20-55(105-79(131)57(24-27-74(124)125)104-76(128)53(91)32-48-14-3-1-4-15-48)77(129)99-40-70(120)95-38-68(118)97-42-72(122)102-63(44-114)78(130)100-41-71(121)96-39-69(119)98-43-73(123)103-64(45-115)84(136)110-61(34-50-36-94-54-19-8-7-18-52(50)54)83(135)112-65(46-116)85(137)111-62(35-51-37-93-47-101-51)87(139)113-31-13-22-66(113)86(138)107-56(23-26-67(92)117)81(133)109-60(33-49-16-5-2-6-17-49)82(134)106-58(25-28-75(126)127)80(132)108-59(88(140)141)21-10-12-30-90/h1-8,14-19,36-37,47,53,55-66,94,114-116H,9-13,20-35,38-46,89-91H2,(H2,92,117)(H,93,101)(H,95,120)(H,96,121)(H,97,118)(H,98,119)(H,99,129)(H,100,130)(H,102,122)(H,103,123)(H,104,128)(H,105,131)(H,106,134)(H,107,138)(H,108,132)(H,109,133)(H,110,136)(H,111,137)(H,112,135)(H,124,125)(H,126,127)(H,140,141)/t53-,55-,56-,57-,58-,59-,60-,61-,62-,63-,64-,65-,66-/m0/s1. The summed E-state index contributed by atoms with van der Waals surface area (Å²) in [5.41, 5.74) is 25.1. The van der Waals surface area contributed by atoms with Crippen LogP contribution < -0.4 is 113 Å². The van der Waals surface area contributed by atoms with Gasteiger partial charge in [0.2, 0.25) is 112 Å². The van der Waals surface area contributed by atoms with Gasteiger partial charge in [-0.2, -0.15) is 0 Å². The second-order valence-electron chi connectivity index (χ2n) is 32.7. The van der Waals surface area contributed by atoms with E-state index in [9.17, 15) is 136 Å². The number of carbonyl (C=O) groups excluding carboxylic acids is 19. The van der Waals surface area contributed by atoms with Crippen LogP contribution in [0.15, 0.2) is 104 Å². The topological polar surface area (TPSA) is 853 Å². The zero-order valence-corrected chi connectivity index (χ0v) is 76.9. The lowest BCUT2D eigenvalue weighted by atomic mass is 10.0. The number of rotatable bonds is 64. The lowest BCUT2D eigenvalue weighted by molar-refractivity contribution is -0.143. The molecule has 6 rings (SSSR count). The summed E-state index contributed by atoms with van der Waals surface area (Å²) in [5.74, 6) is -23.5. The Bertz CT molecular complexity index is 5130. The number of carboxylic acids is 3. The van der Waals surface area contributed by atoms with Crippen molar-refractivity contribution in [3.8, 4) is 0 Å². The van der Waals surface area contributed by atoms with Crippen LogP contribution >= 0.6 is 0 Å². The van der Waals surface area contributed by atoms with Crippen LogP contribution in [0.1, 0.15) is 112 Å². The number of hydrogen-bond donors (Lipinski definition) is 29. The maximum Gasteiger partial charge on any atom is 0.326 e. The maximum absolute atomic E-state index is 15.0. The highest BCUT2D eigenvalue weighted by Gasteiger charge is 2.42. The van der Waals surface area contributed by atoms with Crippen molar-refractivity contribution in [3.05, 3.63) is 126 Å². The molecule has 1 saturated heterocycles. The summed E-state index contributed by atoms with van der Waals surface area (Å²) in [6.07, 6.45) is 1.39. The number of H-pyrrole nitrogens is 2. The third-order valence-electron chi connectivity index (χ3n) is 21.8. The van der Waals surface area contributed by atoms with Crippen LogP contribution in [0.4, 0.5) is 0 Å². The molecule has 0 spiro atoms. The van der Waals surface area contributed by atoms with Gasteiger partial charge in [-0.15, -0.1) is 0 Å². The number of aromatic amines is 2. The molecule has 141 heavy (non-hydrogen) atoms. The van der Waals surface area contributed by atoms with Gasteiger partial charge in [-0.25, -0.2) is 9.78 Å². The fraction of sp³-hybridized carbons (Fsp3) is 0.489. The largest absolute Gasteiger partial charge is 0.481 e. The van der Waals surface area contributed by atoms with Gasteiger partial charge < -0.3 is 159 Å². The molecule has 1 aliphatic rings. The number of aliphatic hydroxyl groups is 3. The molecule has 0 radical (unpaired) electrons. The second-order valence-corrected chi connectivity index (χ2v) is 32.7. The monoisotopic (exact) mass is 1980 g/mol. The fourth-order valence-corrected chi connectivity index (χ4v) is 14.3. The van der Waals surface area contributed by atoms with E-state index in [1.807, 2.05) is 0 Å². The number of unbranched alkanes of at least 4 members (excludes halogenated alkanes) is 2. The lowest BCUT2D eigenvalue weighted by Gasteiger charge is -2.31. The molecule has 0 saturated carbocycles. The van der Waals surface area contributed by atoms with Crippen LogP contribution in [0.3, 0.4) is 0 Å². The zero-order valence-electron chi connectivity index (χ0n) is 76.9. The van der Waals surface area contributed by atoms with Crippen molar-refractivity contribution in [1.82, 2.24) is 110 Å². The minimum atomic E-state index is -1.94. The minimum Gasteiger partial charge on any atom is -0.481 e. The number of primary amides is 1. The van der Waals surface area contributed by atoms with Gasteiger partial charge in [0.25, 0.3) is 0 Å². The summed E-state index contributed by atoms with van der Waals surface area (Å²) in [4.78, 5) is 304. The first-order valence-corrected chi connectivity index (χ1v) is 45.1. The number of aliphatic hydroxyl groups excluding tert-OH is 3. The Morgan fingerprint density at radius 2 is 0.780 bits per heavy atom. The number of benzene rings is 3. The number of fused-ring (bicyclic) bond motifs is 1. The summed E-state index contributed by atoms with van der Waals surface area (Å²) in [6, 6.07) is 2.78. The van der Waals surface area contributed by atoms with E-state index < -0.39 is 306 Å². The van der Waals surface area contributed by atoms with Crippen molar-refractivity contribution >= 4 is 141 Å². The first kappa shape index (κ1) is 114. The van der Waals surface area contributed by atoms with Gasteiger partial charge in [-0.05, 0) is 113 Å². The summed E-state index contributed by atoms with van der Waals surface area (Å²) in [7, 11) is 0. The SMILES string of the molecule is NCCCC[C@H](NC(=O)[C@H](CCC(=O)O)NC(=O)[C@H](Cc1ccccc1)NC(=O)[C@H](CCC(N)=O)NC(=O)[C@@H]1CCCN1C(=O)[C@H](Cc1c[nH]cn1)NC(=O)[C@H](CO)NC(=O)[C@H](Cc1c[nH]c2ccccc12)NC(=O)[C@H](CO)NC(=O)CNC(=O)CNC(=O)CNC(=O)[C@H](CO)NC(=O)CNC(=O)CNC(=O)CNC(=O)[C@H](CCCCN)NC(=O)[C@H](CCC(=O)O)NC(=O)[C@@H](N)Cc1ccccc1)C(=O)O. The van der Waals surface area contributed by atoms with E-state index in [1.54, 1.807) is 84.9 Å². The number of para-hydroxylation sites is 1. The summed E-state index contributed by atoms with van der Waals surface area (Å²) < 4.78 is 0. The van der Waals surface area contributed by atoms with Gasteiger partial charge in [0.15, 0.2) is 0 Å². The zero-order chi connectivity index (χ0) is 104. The Kier molecular flexibility index (Phi) is 48.8. The number of carbonyl (C=O) groups is 22. The third kappa shape index (κ3) is 40.6. The van der Waals surface area contributed by atoms with E-state index in [1.165, 1.54) is 18.7 Å². The molecule has 1 aliphatic heterocycles. The molecule has 13 atom stereocenters. The quantitative estimate of drug-likeness (QED) is 0.0161. The molecule has 0 aliphatic carbocycles. The minimum absolute atomic E-state index is 0.00682. The van der Waals surface area contributed by atoms with E-state index in [0.717, 1.165) is 4.90 Å². The molecule has 3 aromatic carbocycles. The summed E-state index contributed by atoms with van der Waals surface area (Å²) in [5, 5.41) is 99.9. The smallest absolute Gasteiger partial charge is 0.326 e. The van der Waals surface area contributed by atoms with Crippen molar-refractivity contribution in [1.29, 1.82) is 0 Å². The highest BCUT2D eigenvalue weighted by atomic mass is 16.4. The molecular weight excluding hydrogens is 1860 g/mol. The Morgan fingerprint density at radius 3 is 1.26 bits per heavy atom. The Balaban J connectivity index is 1.00. The number of likely N-dealkylation sites (tertiary alicyclic amines) is 1. The first-order valence-electron chi connectivity index (χ1n) is 45.1. The molecule has 0 unspecified atom stereocenters. The molecule has 5 aromatic rings. The average molecular weight is 1980 g/mol. The summed E-state index contributed by atoms with van der Waals surface area (Å²) in [6.45, 7) is -7.99. The molecule has 768 valence electrons. The van der Waals surface area contributed by atoms with Crippen LogP contribution in [0.25, 0.3) is 10.9 Å². The maximum atomic E-state index is 15.0. The first-order chi connectivity index (χ1) is 67.3. The van der Waals surface area contributed by atoms with E-state index in [0.29, 0.717) is 46.9 Å². The highest BCUT2D eigenvalue weighted by Crippen LogP contribution is 2.23. The highest BCUT2D eigenvalue weighted by molar-refractivity contribution is 6.01. The Labute approximate surface area is 805 Å². The molecule has 0 bridgehead atoms.